The molecule has 0 radical (unpaired) electrons. The highest BCUT2D eigenvalue weighted by atomic mass is 79.9. The van der Waals surface area contributed by atoms with Crippen molar-refractivity contribution in [3.63, 3.8) is 0 Å². The van der Waals surface area contributed by atoms with Crippen LogP contribution in [0.25, 0.3) is 0 Å². The van der Waals surface area contributed by atoms with Crippen LogP contribution >= 0.6 is 15.9 Å². The normalized spacial score (nSPS) is 17.9. The molecule has 1 atom stereocenters. The molecule has 0 aromatic heterocycles. The molecule has 1 aliphatic heterocycles. The van der Waals surface area contributed by atoms with Crippen LogP contribution in [0.1, 0.15) is 43.0 Å². The predicted molar refractivity (Wildman–Crippen MR) is 90.6 cm³/mol. The van der Waals surface area contributed by atoms with Gasteiger partial charge in [-0.25, -0.2) is 4.39 Å². The lowest BCUT2D eigenvalue weighted by Gasteiger charge is -2.33. The number of halogens is 2. The number of hydrogen-bond acceptors (Lipinski definition) is 2. The van der Waals surface area contributed by atoms with Crippen LogP contribution in [-0.2, 0) is 4.79 Å². The molecule has 23 heavy (non-hydrogen) atoms. The molecule has 1 aliphatic rings. The Kier molecular flexibility index (Phi) is 6.57. The SMILES string of the molecule is CCCC(=O)NCC1CCCN(C(=O)c2ccc(Br)c(F)c2)C1. The van der Waals surface area contributed by atoms with Crippen LogP contribution in [0.2, 0.25) is 0 Å². The zero-order valence-corrected chi connectivity index (χ0v) is 14.9. The molecule has 4 nitrogen and oxygen atoms in total. The van der Waals surface area contributed by atoms with Gasteiger partial charge in [0.25, 0.3) is 5.91 Å². The molecular formula is C17H22BrFN2O2. The van der Waals surface area contributed by atoms with E-state index >= 15 is 0 Å². The van der Waals surface area contributed by atoms with E-state index in [2.05, 4.69) is 21.2 Å². The molecule has 0 spiro atoms. The quantitative estimate of drug-likeness (QED) is 0.845. The number of nitrogens with one attached hydrogen (secondary N) is 1. The number of hydrogen-bond donors (Lipinski definition) is 1. The van der Waals surface area contributed by atoms with Crippen molar-refractivity contribution in [2.45, 2.75) is 32.6 Å². The number of benzene rings is 1. The van der Waals surface area contributed by atoms with Crippen molar-refractivity contribution in [1.82, 2.24) is 10.2 Å². The van der Waals surface area contributed by atoms with Gasteiger partial charge in [0, 0.05) is 31.6 Å². The number of likely N-dealkylation sites (tertiary alicyclic amines) is 1. The highest BCUT2D eigenvalue weighted by Gasteiger charge is 2.25. The third-order valence-corrected chi connectivity index (χ3v) is 4.68. The van der Waals surface area contributed by atoms with Crippen LogP contribution in [0.4, 0.5) is 4.39 Å². The van der Waals surface area contributed by atoms with Crippen molar-refractivity contribution in [3.05, 3.63) is 34.1 Å². The molecule has 1 heterocycles. The molecule has 1 aromatic rings. The van der Waals surface area contributed by atoms with Crippen molar-refractivity contribution in [2.75, 3.05) is 19.6 Å². The number of piperidine rings is 1. The molecule has 1 unspecified atom stereocenters. The molecule has 0 bridgehead atoms. The maximum Gasteiger partial charge on any atom is 0.253 e. The lowest BCUT2D eigenvalue weighted by atomic mass is 9.97. The van der Waals surface area contributed by atoms with E-state index in [0.29, 0.717) is 36.1 Å². The van der Waals surface area contributed by atoms with E-state index in [1.54, 1.807) is 17.0 Å². The molecule has 0 aliphatic carbocycles. The van der Waals surface area contributed by atoms with E-state index in [1.807, 2.05) is 6.92 Å². The minimum atomic E-state index is -0.434. The van der Waals surface area contributed by atoms with Gasteiger partial charge in [-0.2, -0.15) is 0 Å². The monoisotopic (exact) mass is 384 g/mol. The van der Waals surface area contributed by atoms with E-state index in [0.717, 1.165) is 19.3 Å². The fraction of sp³-hybridized carbons (Fsp3) is 0.529. The van der Waals surface area contributed by atoms with E-state index in [9.17, 15) is 14.0 Å². The second kappa shape index (κ2) is 8.43. The van der Waals surface area contributed by atoms with Gasteiger partial charge in [-0.15, -0.1) is 0 Å². The largest absolute Gasteiger partial charge is 0.356 e. The van der Waals surface area contributed by atoms with Crippen LogP contribution in [0.5, 0.6) is 0 Å². The molecule has 1 saturated heterocycles. The smallest absolute Gasteiger partial charge is 0.253 e. The highest BCUT2D eigenvalue weighted by molar-refractivity contribution is 9.10. The van der Waals surface area contributed by atoms with Crippen molar-refractivity contribution in [3.8, 4) is 0 Å². The maximum atomic E-state index is 13.6. The summed E-state index contributed by atoms with van der Waals surface area (Å²) in [4.78, 5) is 25.8. The van der Waals surface area contributed by atoms with Gasteiger partial charge < -0.3 is 10.2 Å². The summed E-state index contributed by atoms with van der Waals surface area (Å²) in [6.07, 6.45) is 3.26. The summed E-state index contributed by atoms with van der Waals surface area (Å²) < 4.78 is 14.0. The summed E-state index contributed by atoms with van der Waals surface area (Å²) in [5.41, 5.74) is 0.362. The Labute approximate surface area is 144 Å². The summed E-state index contributed by atoms with van der Waals surface area (Å²) in [5, 5.41) is 2.93. The van der Waals surface area contributed by atoms with Crippen LogP contribution in [-0.4, -0.2) is 36.3 Å². The number of amides is 2. The molecule has 2 rings (SSSR count). The van der Waals surface area contributed by atoms with Gasteiger partial charge in [-0.3, -0.25) is 9.59 Å². The Morgan fingerprint density at radius 1 is 1.43 bits per heavy atom. The fourth-order valence-corrected chi connectivity index (χ4v) is 3.05. The summed E-state index contributed by atoms with van der Waals surface area (Å²) in [5.74, 6) is -0.267. The van der Waals surface area contributed by atoms with Gasteiger partial charge in [0.2, 0.25) is 5.91 Å². The molecule has 2 amide bonds. The minimum Gasteiger partial charge on any atom is -0.356 e. The predicted octanol–water partition coefficient (Wildman–Crippen LogP) is 3.36. The fourth-order valence-electron chi connectivity index (χ4n) is 2.80. The third kappa shape index (κ3) is 5.03. The lowest BCUT2D eigenvalue weighted by Crippen LogP contribution is -2.43. The number of carbonyl (C=O) groups excluding carboxylic acids is 2. The van der Waals surface area contributed by atoms with E-state index in [1.165, 1.54) is 6.07 Å². The highest BCUT2D eigenvalue weighted by Crippen LogP contribution is 2.21. The van der Waals surface area contributed by atoms with Gasteiger partial charge >= 0.3 is 0 Å². The molecule has 126 valence electrons. The number of nitrogens with zero attached hydrogens (tertiary/aromatic N) is 1. The number of rotatable bonds is 5. The Morgan fingerprint density at radius 3 is 2.91 bits per heavy atom. The molecule has 6 heteroatoms. The second-order valence-electron chi connectivity index (χ2n) is 5.94. The van der Waals surface area contributed by atoms with Crippen molar-refractivity contribution in [2.24, 2.45) is 5.92 Å². The van der Waals surface area contributed by atoms with Crippen LogP contribution in [0, 0.1) is 11.7 Å². The zero-order valence-electron chi connectivity index (χ0n) is 13.3. The zero-order chi connectivity index (χ0) is 16.8. The summed E-state index contributed by atoms with van der Waals surface area (Å²) in [6.45, 7) is 3.84. The average molecular weight is 385 g/mol. The molecule has 1 fully saturated rings. The van der Waals surface area contributed by atoms with Gasteiger partial charge in [-0.05, 0) is 59.3 Å². The van der Waals surface area contributed by atoms with Crippen LogP contribution < -0.4 is 5.32 Å². The first-order valence-electron chi connectivity index (χ1n) is 8.02. The van der Waals surface area contributed by atoms with E-state index < -0.39 is 5.82 Å². The molecule has 1 aromatic carbocycles. The Morgan fingerprint density at radius 2 is 2.22 bits per heavy atom. The Balaban J connectivity index is 1.93. The van der Waals surface area contributed by atoms with E-state index in [-0.39, 0.29) is 17.7 Å². The first-order valence-corrected chi connectivity index (χ1v) is 8.81. The molecule has 0 saturated carbocycles. The van der Waals surface area contributed by atoms with Crippen LogP contribution in [0.15, 0.2) is 22.7 Å². The van der Waals surface area contributed by atoms with Crippen molar-refractivity contribution in [1.29, 1.82) is 0 Å². The maximum absolute atomic E-state index is 13.6. The average Bonchev–Trinajstić information content (AvgIpc) is 2.55. The van der Waals surface area contributed by atoms with Gasteiger partial charge in [-0.1, -0.05) is 6.92 Å². The standard InChI is InChI=1S/C17H22BrFN2O2/c1-2-4-16(22)20-10-12-5-3-8-21(11-12)17(23)13-6-7-14(18)15(19)9-13/h6-7,9,12H,2-5,8,10-11H2,1H3,(H,20,22). The molecule has 1 N–H and O–H groups in total. The van der Waals surface area contributed by atoms with Gasteiger partial charge in [0.15, 0.2) is 0 Å². The van der Waals surface area contributed by atoms with Crippen molar-refractivity contribution < 1.29 is 14.0 Å². The lowest BCUT2D eigenvalue weighted by molar-refractivity contribution is -0.121. The second-order valence-corrected chi connectivity index (χ2v) is 6.80. The third-order valence-electron chi connectivity index (χ3n) is 4.04. The van der Waals surface area contributed by atoms with E-state index in [4.69, 9.17) is 0 Å². The summed E-state index contributed by atoms with van der Waals surface area (Å²) >= 11 is 3.09. The van der Waals surface area contributed by atoms with Gasteiger partial charge in [0.05, 0.1) is 4.47 Å². The van der Waals surface area contributed by atoms with Crippen molar-refractivity contribution >= 4 is 27.7 Å². The number of carbonyl (C=O) groups is 2. The summed E-state index contributed by atoms with van der Waals surface area (Å²) in [7, 11) is 0. The molecular weight excluding hydrogens is 363 g/mol. The topological polar surface area (TPSA) is 49.4 Å². The first-order chi connectivity index (χ1) is 11.0. The van der Waals surface area contributed by atoms with Crippen LogP contribution in [0.3, 0.4) is 0 Å². The first kappa shape index (κ1) is 17.9. The Hall–Kier alpha value is -1.43. The summed E-state index contributed by atoms with van der Waals surface area (Å²) in [6, 6.07) is 4.44. The van der Waals surface area contributed by atoms with Gasteiger partial charge in [0.1, 0.15) is 5.82 Å². The Bertz CT molecular complexity index is 580. The minimum absolute atomic E-state index is 0.0610.